The number of fused-ring (bicyclic) bond motifs is 6. The second-order valence-corrected chi connectivity index (χ2v) is 18.3. The molecular weight excluding hydrogens is 847 g/mol. The number of benzene rings is 11. The van der Waals surface area contributed by atoms with Crippen molar-refractivity contribution < 1.29 is 0 Å². The van der Waals surface area contributed by atoms with Crippen LogP contribution in [0, 0.1) is 17.2 Å². The van der Waals surface area contributed by atoms with Crippen LogP contribution in [-0.2, 0) is 0 Å². The van der Waals surface area contributed by atoms with E-state index in [2.05, 4.69) is 270 Å². The summed E-state index contributed by atoms with van der Waals surface area (Å²) in [7, 11) is 0. The molecular formula is C67H45N3. The van der Waals surface area contributed by atoms with Crippen molar-refractivity contribution in [1.82, 2.24) is 4.57 Å². The van der Waals surface area contributed by atoms with Crippen molar-refractivity contribution in [3.05, 3.63) is 261 Å². The Morgan fingerprint density at radius 1 is 0.429 bits per heavy atom. The number of hydrogen-bond donors (Lipinski definition) is 0. The lowest BCUT2D eigenvalue weighted by molar-refractivity contribution is 0.824. The number of nitrogens with zero attached hydrogens (tertiary/aromatic N) is 3. The van der Waals surface area contributed by atoms with Gasteiger partial charge < -0.3 is 9.47 Å². The summed E-state index contributed by atoms with van der Waals surface area (Å²) >= 11 is 0. The normalized spacial score (nSPS) is 13.5. The van der Waals surface area contributed by atoms with Crippen LogP contribution < -0.4 is 4.90 Å². The molecule has 0 bridgehead atoms. The summed E-state index contributed by atoms with van der Waals surface area (Å²) in [5, 5.41) is 19.6. The second-order valence-electron chi connectivity index (χ2n) is 18.3. The third-order valence-electron chi connectivity index (χ3n) is 14.2. The maximum absolute atomic E-state index is 10.0. The topological polar surface area (TPSA) is 32.0 Å². The Labute approximate surface area is 407 Å². The quantitative estimate of drug-likeness (QED) is 0.142. The van der Waals surface area contributed by atoms with E-state index in [1.165, 1.54) is 76.8 Å². The summed E-state index contributed by atoms with van der Waals surface area (Å²) in [6, 6.07) is 88.6. The van der Waals surface area contributed by atoms with Crippen molar-refractivity contribution in [2.24, 2.45) is 5.92 Å². The molecule has 11 aromatic carbocycles. The van der Waals surface area contributed by atoms with Crippen LogP contribution in [0.15, 0.2) is 261 Å². The third-order valence-corrected chi connectivity index (χ3v) is 14.2. The largest absolute Gasteiger partial charge is 0.310 e. The summed E-state index contributed by atoms with van der Waals surface area (Å²) in [4.78, 5) is 2.43. The lowest BCUT2D eigenvalue weighted by Crippen LogP contribution is -2.18. The molecule has 328 valence electrons. The first-order valence-corrected chi connectivity index (χ1v) is 24.1. The fourth-order valence-corrected chi connectivity index (χ4v) is 10.9. The number of aromatic nitrogens is 1. The van der Waals surface area contributed by atoms with Crippen LogP contribution in [0.25, 0.3) is 104 Å². The van der Waals surface area contributed by atoms with Crippen LogP contribution in [-0.4, -0.2) is 4.57 Å². The first kappa shape index (κ1) is 41.0. The van der Waals surface area contributed by atoms with Crippen molar-refractivity contribution in [3.63, 3.8) is 0 Å². The van der Waals surface area contributed by atoms with Crippen molar-refractivity contribution in [3.8, 4) is 56.3 Å². The molecule has 0 saturated heterocycles. The molecule has 0 radical (unpaired) electrons. The zero-order valence-electron chi connectivity index (χ0n) is 38.4. The SMILES string of the molecule is N#CC1C=CC(N(c2cccc(-n3c4ccc(-c5ccccc5)cc4c4cc(-c5ccccc5)ccc43)c2)c2c3ccccc3c(-c3ccc(-c4cccc5ccccc45)cc3)c3ccccc23)=CC1. The van der Waals surface area contributed by atoms with Crippen LogP contribution in [0.5, 0.6) is 0 Å². The van der Waals surface area contributed by atoms with Gasteiger partial charge >= 0.3 is 0 Å². The second kappa shape index (κ2) is 17.1. The Morgan fingerprint density at radius 3 is 1.56 bits per heavy atom. The minimum atomic E-state index is -0.177. The molecule has 13 rings (SSSR count). The molecule has 0 spiro atoms. The Morgan fingerprint density at radius 2 is 0.957 bits per heavy atom. The molecule has 70 heavy (non-hydrogen) atoms. The van der Waals surface area contributed by atoms with Crippen LogP contribution in [0.3, 0.4) is 0 Å². The van der Waals surface area contributed by atoms with Gasteiger partial charge in [0.2, 0.25) is 0 Å². The molecule has 3 heteroatoms. The summed E-state index contributed by atoms with van der Waals surface area (Å²) < 4.78 is 2.42. The van der Waals surface area contributed by atoms with Crippen molar-refractivity contribution >= 4 is 65.5 Å². The highest BCUT2D eigenvalue weighted by Crippen LogP contribution is 2.48. The van der Waals surface area contributed by atoms with E-state index in [1.807, 2.05) is 0 Å². The van der Waals surface area contributed by atoms with E-state index in [1.54, 1.807) is 0 Å². The fraction of sp³-hybridized carbons (Fsp3) is 0.0299. The molecule has 1 atom stereocenters. The molecule has 1 heterocycles. The van der Waals surface area contributed by atoms with Gasteiger partial charge in [-0.15, -0.1) is 0 Å². The van der Waals surface area contributed by atoms with Crippen LogP contribution in [0.4, 0.5) is 11.4 Å². The molecule has 1 unspecified atom stereocenters. The first-order chi connectivity index (χ1) is 34.7. The minimum absolute atomic E-state index is 0.177. The molecule has 0 saturated carbocycles. The molecule has 1 aliphatic carbocycles. The Balaban J connectivity index is 1.01. The smallest absolute Gasteiger partial charge is 0.0700 e. The van der Waals surface area contributed by atoms with Crippen molar-refractivity contribution in [2.75, 3.05) is 4.90 Å². The third kappa shape index (κ3) is 6.97. The van der Waals surface area contributed by atoms with Gasteiger partial charge in [0, 0.05) is 38.6 Å². The van der Waals surface area contributed by atoms with Gasteiger partial charge in [0.15, 0.2) is 0 Å². The summed E-state index contributed by atoms with van der Waals surface area (Å²) in [6.45, 7) is 0. The highest BCUT2D eigenvalue weighted by atomic mass is 15.2. The molecule has 0 fully saturated rings. The summed E-state index contributed by atoms with van der Waals surface area (Å²) in [6.07, 6.45) is 7.07. The standard InChI is InChI=1S/C67H45N3/c68-44-45-29-37-53(38-30-45)69(67-60-26-11-9-24-58(60)66(59-25-10-12-27-61(59)67)50-33-31-49(32-34-50)57-28-13-20-48-19-7-8-23-56(48)57)54-21-14-22-55(43-54)70-64-39-35-51(46-15-3-1-4-16-46)41-62(64)63-42-52(36-40-65(63)70)47-17-5-2-6-18-47/h1-29,31-43,45H,30H2. The molecule has 12 aromatic rings. The number of rotatable bonds is 8. The molecule has 0 aliphatic heterocycles. The summed E-state index contributed by atoms with van der Waals surface area (Å²) in [5.74, 6) is -0.177. The van der Waals surface area contributed by atoms with E-state index in [-0.39, 0.29) is 5.92 Å². The zero-order chi connectivity index (χ0) is 46.5. The molecule has 0 amide bonds. The maximum Gasteiger partial charge on any atom is 0.0700 e. The lowest BCUT2D eigenvalue weighted by Gasteiger charge is -2.32. The van der Waals surface area contributed by atoms with Gasteiger partial charge in [-0.3, -0.25) is 0 Å². The number of nitriles is 1. The monoisotopic (exact) mass is 891 g/mol. The number of hydrogen-bond acceptors (Lipinski definition) is 2. The van der Waals surface area contributed by atoms with Crippen molar-refractivity contribution in [2.45, 2.75) is 6.42 Å². The van der Waals surface area contributed by atoms with Gasteiger partial charge in [0.1, 0.15) is 0 Å². The maximum atomic E-state index is 10.0. The Kier molecular flexibility index (Phi) is 10.0. The van der Waals surface area contributed by atoms with Crippen LogP contribution >= 0.6 is 0 Å². The van der Waals surface area contributed by atoms with Gasteiger partial charge in [-0.2, -0.15) is 5.26 Å². The molecule has 0 N–H and O–H groups in total. The van der Waals surface area contributed by atoms with Gasteiger partial charge in [-0.25, -0.2) is 0 Å². The van der Waals surface area contributed by atoms with E-state index in [0.717, 1.165) is 44.6 Å². The van der Waals surface area contributed by atoms with Gasteiger partial charge in [0.05, 0.1) is 28.7 Å². The lowest BCUT2D eigenvalue weighted by atomic mass is 9.88. The van der Waals surface area contributed by atoms with Gasteiger partial charge in [0.25, 0.3) is 0 Å². The molecule has 1 aromatic heterocycles. The molecule has 3 nitrogen and oxygen atoms in total. The average molecular weight is 892 g/mol. The van der Waals surface area contributed by atoms with Crippen LogP contribution in [0.1, 0.15) is 6.42 Å². The average Bonchev–Trinajstić information content (AvgIpc) is 3.77. The van der Waals surface area contributed by atoms with E-state index in [4.69, 9.17) is 0 Å². The molecule has 1 aliphatic rings. The Hall–Kier alpha value is -9.23. The van der Waals surface area contributed by atoms with E-state index in [9.17, 15) is 5.26 Å². The van der Waals surface area contributed by atoms with Crippen LogP contribution in [0.2, 0.25) is 0 Å². The fourth-order valence-electron chi connectivity index (χ4n) is 10.9. The number of anilines is 2. The minimum Gasteiger partial charge on any atom is -0.310 e. The van der Waals surface area contributed by atoms with Crippen molar-refractivity contribution in [1.29, 1.82) is 5.26 Å². The van der Waals surface area contributed by atoms with E-state index in [0.29, 0.717) is 6.42 Å². The summed E-state index contributed by atoms with van der Waals surface area (Å²) in [5.41, 5.74) is 16.1. The van der Waals surface area contributed by atoms with Gasteiger partial charge in [-0.05, 0) is 121 Å². The first-order valence-electron chi connectivity index (χ1n) is 24.1. The highest BCUT2D eigenvalue weighted by molar-refractivity contribution is 6.22. The van der Waals surface area contributed by atoms with Gasteiger partial charge in [-0.1, -0.05) is 206 Å². The number of allylic oxidation sites excluding steroid dienone is 3. The predicted molar refractivity (Wildman–Crippen MR) is 295 cm³/mol. The Bertz CT molecular complexity index is 3940. The zero-order valence-corrected chi connectivity index (χ0v) is 38.4. The van der Waals surface area contributed by atoms with E-state index >= 15 is 0 Å². The van der Waals surface area contributed by atoms with E-state index < -0.39 is 0 Å². The highest BCUT2D eigenvalue weighted by Gasteiger charge is 2.25. The predicted octanol–water partition coefficient (Wildman–Crippen LogP) is 18.0.